The van der Waals surface area contributed by atoms with Gasteiger partial charge in [0.1, 0.15) is 5.75 Å². The lowest BCUT2D eigenvalue weighted by atomic mass is 9.99. The first-order valence-electron chi connectivity index (χ1n) is 10.1. The van der Waals surface area contributed by atoms with Gasteiger partial charge >= 0.3 is 0 Å². The summed E-state index contributed by atoms with van der Waals surface area (Å²) >= 11 is 5.64. The van der Waals surface area contributed by atoms with Crippen LogP contribution in [0.15, 0.2) is 24.3 Å². The minimum atomic E-state index is 0.703. The molecule has 0 bridgehead atoms. The number of likely N-dealkylation sites (tertiary alicyclic amines) is 1. The first kappa shape index (κ1) is 19.4. The van der Waals surface area contributed by atoms with Crippen LogP contribution in [-0.2, 0) is 0 Å². The lowest BCUT2D eigenvalue weighted by Gasteiger charge is -2.41. The Morgan fingerprint density at radius 1 is 1.08 bits per heavy atom. The third-order valence-electron chi connectivity index (χ3n) is 6.05. The van der Waals surface area contributed by atoms with E-state index in [9.17, 15) is 0 Å². The van der Waals surface area contributed by atoms with Crippen LogP contribution >= 0.6 is 12.2 Å². The third-order valence-corrected chi connectivity index (χ3v) is 6.41. The number of benzene rings is 1. The highest BCUT2D eigenvalue weighted by molar-refractivity contribution is 7.80. The van der Waals surface area contributed by atoms with E-state index in [1.54, 1.807) is 7.11 Å². The minimum Gasteiger partial charge on any atom is -0.497 e. The summed E-state index contributed by atoms with van der Waals surface area (Å²) in [5, 5.41) is 4.19. The average Bonchev–Trinajstić information content (AvgIpc) is 2.97. The Morgan fingerprint density at radius 3 is 2.38 bits per heavy atom. The second-order valence-electron chi connectivity index (χ2n) is 7.69. The number of ether oxygens (including phenoxy) is 1. The van der Waals surface area contributed by atoms with E-state index in [-0.39, 0.29) is 0 Å². The normalized spacial score (nSPS) is 20.0. The molecule has 1 saturated carbocycles. The van der Waals surface area contributed by atoms with Crippen molar-refractivity contribution in [3.05, 3.63) is 24.3 Å². The predicted molar refractivity (Wildman–Crippen MR) is 113 cm³/mol. The van der Waals surface area contributed by atoms with Gasteiger partial charge in [-0.25, -0.2) is 0 Å². The molecule has 1 N–H and O–H groups in total. The van der Waals surface area contributed by atoms with Gasteiger partial charge in [-0.2, -0.15) is 0 Å². The number of methoxy groups -OCH3 is 1. The van der Waals surface area contributed by atoms with Crippen molar-refractivity contribution in [1.82, 2.24) is 9.80 Å². The average molecular weight is 376 g/mol. The molecule has 0 unspecified atom stereocenters. The van der Waals surface area contributed by atoms with Gasteiger partial charge in [-0.15, -0.1) is 0 Å². The zero-order valence-corrected chi connectivity index (χ0v) is 17.1. The van der Waals surface area contributed by atoms with Crippen LogP contribution in [-0.4, -0.2) is 54.2 Å². The van der Waals surface area contributed by atoms with Crippen LogP contribution < -0.4 is 10.1 Å². The smallest absolute Gasteiger partial charge is 0.173 e. The Kier molecular flexibility index (Phi) is 7.15. The molecule has 4 nitrogen and oxygen atoms in total. The summed E-state index contributed by atoms with van der Waals surface area (Å²) in [6.45, 7) is 2.08. The zero-order chi connectivity index (χ0) is 18.4. The number of piperidine rings is 1. The number of hydrogen-bond acceptors (Lipinski definition) is 3. The summed E-state index contributed by atoms with van der Waals surface area (Å²) in [5.41, 5.74) is 0.993. The van der Waals surface area contributed by atoms with Gasteiger partial charge in [0.2, 0.25) is 0 Å². The molecule has 0 aromatic heterocycles. The standard InChI is InChI=1S/C21H33N3OS/c1-23(18-9-5-3-4-6-10-18)19-12-14-24(15-13-19)21(26)22-17-8-7-11-20(16-17)25-2/h7-8,11,16,18-19H,3-6,9-10,12-15H2,1-2H3,(H,22,26). The van der Waals surface area contributed by atoms with Crippen LogP contribution in [0.5, 0.6) is 5.75 Å². The molecule has 2 aliphatic rings. The van der Waals surface area contributed by atoms with Crippen molar-refractivity contribution < 1.29 is 4.74 Å². The SMILES string of the molecule is COc1cccc(NC(=S)N2CCC(N(C)C3CCCCCC3)CC2)c1. The van der Waals surface area contributed by atoms with Crippen molar-refractivity contribution in [2.75, 3.05) is 32.6 Å². The molecular weight excluding hydrogens is 342 g/mol. The summed E-state index contributed by atoms with van der Waals surface area (Å²) in [4.78, 5) is 4.99. The number of nitrogens with one attached hydrogen (secondary N) is 1. The van der Waals surface area contributed by atoms with E-state index in [1.165, 1.54) is 51.4 Å². The van der Waals surface area contributed by atoms with Gasteiger partial charge in [0.15, 0.2) is 5.11 Å². The molecule has 1 saturated heterocycles. The fourth-order valence-corrected chi connectivity index (χ4v) is 4.64. The molecule has 0 atom stereocenters. The molecule has 5 heteroatoms. The number of nitrogens with zero attached hydrogens (tertiary/aromatic N) is 2. The summed E-state index contributed by atoms with van der Waals surface area (Å²) in [5.74, 6) is 0.849. The lowest BCUT2D eigenvalue weighted by molar-refractivity contribution is 0.111. The van der Waals surface area contributed by atoms with Gasteiger partial charge in [0.05, 0.1) is 7.11 Å². The third kappa shape index (κ3) is 5.10. The molecule has 1 aliphatic heterocycles. The Hall–Kier alpha value is -1.33. The highest BCUT2D eigenvalue weighted by Crippen LogP contribution is 2.26. The zero-order valence-electron chi connectivity index (χ0n) is 16.2. The maximum Gasteiger partial charge on any atom is 0.173 e. The van der Waals surface area contributed by atoms with Crippen molar-refractivity contribution in [1.29, 1.82) is 0 Å². The molecule has 26 heavy (non-hydrogen) atoms. The Balaban J connectivity index is 1.48. The number of thiocarbonyl (C=S) groups is 1. The quantitative estimate of drug-likeness (QED) is 0.617. The molecule has 0 radical (unpaired) electrons. The van der Waals surface area contributed by atoms with Crippen molar-refractivity contribution in [2.24, 2.45) is 0 Å². The molecule has 1 aromatic rings. The monoisotopic (exact) mass is 375 g/mol. The maximum atomic E-state index is 5.64. The highest BCUT2D eigenvalue weighted by atomic mass is 32.1. The minimum absolute atomic E-state index is 0.703. The number of rotatable bonds is 4. The van der Waals surface area contributed by atoms with Crippen molar-refractivity contribution in [2.45, 2.75) is 63.5 Å². The van der Waals surface area contributed by atoms with E-state index in [0.29, 0.717) is 6.04 Å². The molecule has 0 amide bonds. The summed E-state index contributed by atoms with van der Waals surface area (Å²) in [7, 11) is 4.04. The Bertz CT molecular complexity index is 578. The molecule has 0 spiro atoms. The van der Waals surface area contributed by atoms with Crippen LogP contribution in [0.4, 0.5) is 5.69 Å². The molecular formula is C21H33N3OS. The predicted octanol–water partition coefficient (Wildman–Crippen LogP) is 4.51. The molecule has 1 aliphatic carbocycles. The van der Waals surface area contributed by atoms with E-state index in [2.05, 4.69) is 22.2 Å². The van der Waals surface area contributed by atoms with E-state index in [1.807, 2.05) is 24.3 Å². The van der Waals surface area contributed by atoms with Gasteiger partial charge in [0.25, 0.3) is 0 Å². The topological polar surface area (TPSA) is 27.7 Å². The van der Waals surface area contributed by atoms with Gasteiger partial charge in [-0.1, -0.05) is 31.7 Å². The van der Waals surface area contributed by atoms with E-state index >= 15 is 0 Å². The Morgan fingerprint density at radius 2 is 1.73 bits per heavy atom. The molecule has 2 fully saturated rings. The molecule has 144 valence electrons. The van der Waals surface area contributed by atoms with Crippen molar-refractivity contribution in [3.8, 4) is 5.75 Å². The summed E-state index contributed by atoms with van der Waals surface area (Å²) in [6.07, 6.45) is 10.8. The Labute approximate surface area is 163 Å². The lowest BCUT2D eigenvalue weighted by Crippen LogP contribution is -2.49. The van der Waals surface area contributed by atoms with Crippen molar-refractivity contribution >= 4 is 23.0 Å². The number of hydrogen-bond donors (Lipinski definition) is 1. The molecule has 1 aromatic carbocycles. The molecule has 3 rings (SSSR count). The first-order chi connectivity index (χ1) is 12.7. The van der Waals surface area contributed by atoms with Gasteiger partial charge in [-0.05, 0) is 57.1 Å². The summed E-state index contributed by atoms with van der Waals surface area (Å²) in [6, 6.07) is 9.44. The van der Waals surface area contributed by atoms with Crippen LogP contribution in [0, 0.1) is 0 Å². The van der Waals surface area contributed by atoms with E-state index < -0.39 is 0 Å². The maximum absolute atomic E-state index is 5.64. The largest absolute Gasteiger partial charge is 0.497 e. The van der Waals surface area contributed by atoms with Gasteiger partial charge in [-0.3, -0.25) is 0 Å². The first-order valence-corrected chi connectivity index (χ1v) is 10.5. The van der Waals surface area contributed by atoms with Crippen LogP contribution in [0.25, 0.3) is 0 Å². The van der Waals surface area contributed by atoms with E-state index in [0.717, 1.165) is 35.7 Å². The molecule has 1 heterocycles. The van der Waals surface area contributed by atoms with Crippen molar-refractivity contribution in [3.63, 3.8) is 0 Å². The highest BCUT2D eigenvalue weighted by Gasteiger charge is 2.28. The van der Waals surface area contributed by atoms with Crippen LogP contribution in [0.3, 0.4) is 0 Å². The fraction of sp³-hybridized carbons (Fsp3) is 0.667. The van der Waals surface area contributed by atoms with E-state index in [4.69, 9.17) is 17.0 Å². The fourth-order valence-electron chi connectivity index (χ4n) is 4.34. The second-order valence-corrected chi connectivity index (χ2v) is 8.08. The second kappa shape index (κ2) is 9.56. The van der Waals surface area contributed by atoms with Gasteiger partial charge < -0.3 is 19.9 Å². The van der Waals surface area contributed by atoms with Crippen LogP contribution in [0.2, 0.25) is 0 Å². The number of anilines is 1. The van der Waals surface area contributed by atoms with Crippen LogP contribution in [0.1, 0.15) is 51.4 Å². The van der Waals surface area contributed by atoms with Gasteiger partial charge in [0, 0.05) is 36.9 Å². The summed E-state index contributed by atoms with van der Waals surface area (Å²) < 4.78 is 5.29.